The Kier molecular flexibility index (Phi) is 7.40. The molecule has 4 nitrogen and oxygen atoms in total. The molecule has 0 bridgehead atoms. The van der Waals surface area contributed by atoms with Gasteiger partial charge >= 0.3 is 0 Å². The molecule has 0 spiro atoms. The number of hydrogen-bond donors (Lipinski definition) is 1. The number of nitrogens with zero attached hydrogens (tertiary/aromatic N) is 1. The van der Waals surface area contributed by atoms with Gasteiger partial charge in [0.15, 0.2) is 0 Å². The molecule has 128 valence electrons. The Bertz CT molecular complexity index is 496. The van der Waals surface area contributed by atoms with Crippen LogP contribution in [0.1, 0.15) is 51.5 Å². The van der Waals surface area contributed by atoms with Crippen LogP contribution in [-0.2, 0) is 11.2 Å². The van der Waals surface area contributed by atoms with Gasteiger partial charge in [0.1, 0.15) is 5.75 Å². The number of ether oxygens (including phenoxy) is 1. The maximum Gasteiger partial charge on any atom is 0.224 e. The second-order valence-electron chi connectivity index (χ2n) is 6.26. The average molecular weight is 318 g/mol. The minimum absolute atomic E-state index is 0.0987. The zero-order chi connectivity index (χ0) is 16.5. The largest absolute Gasteiger partial charge is 0.494 e. The van der Waals surface area contributed by atoms with Crippen LogP contribution >= 0.6 is 0 Å². The van der Waals surface area contributed by atoms with Crippen molar-refractivity contribution in [3.63, 3.8) is 0 Å². The highest BCUT2D eigenvalue weighted by molar-refractivity contribution is 5.94. The van der Waals surface area contributed by atoms with Crippen molar-refractivity contribution in [2.45, 2.75) is 52.4 Å². The minimum atomic E-state index is 0.0987. The van der Waals surface area contributed by atoms with Crippen molar-refractivity contribution in [1.82, 2.24) is 4.90 Å². The number of hydrogen-bond acceptors (Lipinski definition) is 3. The molecule has 1 aromatic rings. The first-order chi connectivity index (χ1) is 11.2. The fraction of sp³-hybridized carbons (Fsp3) is 0.632. The molecule has 1 aromatic carbocycles. The Balaban J connectivity index is 1.70. The molecule has 2 rings (SSSR count). The van der Waals surface area contributed by atoms with E-state index in [2.05, 4.69) is 30.1 Å². The van der Waals surface area contributed by atoms with Gasteiger partial charge in [-0.25, -0.2) is 0 Å². The summed E-state index contributed by atoms with van der Waals surface area (Å²) >= 11 is 0. The third-order valence-electron chi connectivity index (χ3n) is 4.19. The molecule has 23 heavy (non-hydrogen) atoms. The van der Waals surface area contributed by atoms with E-state index in [1.54, 1.807) is 0 Å². The van der Waals surface area contributed by atoms with Crippen molar-refractivity contribution in [2.75, 3.05) is 31.6 Å². The van der Waals surface area contributed by atoms with Gasteiger partial charge in [-0.3, -0.25) is 4.79 Å². The molecule has 0 fully saturated rings. The van der Waals surface area contributed by atoms with Crippen LogP contribution in [-0.4, -0.2) is 37.0 Å². The highest BCUT2D eigenvalue weighted by atomic mass is 16.5. The normalized spacial score (nSPS) is 13.8. The van der Waals surface area contributed by atoms with Gasteiger partial charge in [0, 0.05) is 18.2 Å². The summed E-state index contributed by atoms with van der Waals surface area (Å²) in [6.45, 7) is 8.75. The first-order valence-electron chi connectivity index (χ1n) is 9.00. The number of unbranched alkanes of at least 4 members (excludes halogenated alkanes) is 1. The standard InChI is InChI=1S/C19H30N2O2/c1-3-11-21(12-4-2)13-5-6-14-23-17-9-7-16-8-10-19(22)20-18(16)15-17/h7,9,15H,3-6,8,10-14H2,1-2H3,(H,20,22). The zero-order valence-electron chi connectivity index (χ0n) is 14.6. The fourth-order valence-electron chi connectivity index (χ4n) is 3.04. The molecule has 1 aliphatic rings. The Morgan fingerprint density at radius 1 is 1.09 bits per heavy atom. The molecule has 1 N–H and O–H groups in total. The number of aryl methyl sites for hydroxylation is 1. The topological polar surface area (TPSA) is 41.6 Å². The van der Waals surface area contributed by atoms with Crippen LogP contribution in [0, 0.1) is 0 Å². The molecule has 0 atom stereocenters. The molecule has 0 aliphatic carbocycles. The summed E-state index contributed by atoms with van der Waals surface area (Å²) in [5, 5.41) is 2.92. The second kappa shape index (κ2) is 9.56. The Morgan fingerprint density at radius 3 is 2.61 bits per heavy atom. The quantitative estimate of drug-likeness (QED) is 0.666. The van der Waals surface area contributed by atoms with Gasteiger partial charge in [-0.1, -0.05) is 19.9 Å². The predicted molar refractivity (Wildman–Crippen MR) is 95.1 cm³/mol. The Labute approximate surface area is 140 Å². The predicted octanol–water partition coefficient (Wildman–Crippen LogP) is 3.85. The first-order valence-corrected chi connectivity index (χ1v) is 9.00. The lowest BCUT2D eigenvalue weighted by Gasteiger charge is -2.21. The highest BCUT2D eigenvalue weighted by Gasteiger charge is 2.14. The van der Waals surface area contributed by atoms with E-state index in [9.17, 15) is 4.79 Å². The number of carbonyl (C=O) groups is 1. The Morgan fingerprint density at radius 2 is 1.87 bits per heavy atom. The van der Waals surface area contributed by atoms with Crippen molar-refractivity contribution < 1.29 is 9.53 Å². The number of nitrogens with one attached hydrogen (secondary N) is 1. The van der Waals surface area contributed by atoms with Gasteiger partial charge in [0.25, 0.3) is 0 Å². The van der Waals surface area contributed by atoms with E-state index in [0.29, 0.717) is 6.42 Å². The SMILES string of the molecule is CCCN(CCC)CCCCOc1ccc2c(c1)NC(=O)CC2. The third-order valence-corrected chi connectivity index (χ3v) is 4.19. The van der Waals surface area contributed by atoms with Gasteiger partial charge in [-0.15, -0.1) is 0 Å². The van der Waals surface area contributed by atoms with Crippen LogP contribution in [0.15, 0.2) is 18.2 Å². The van der Waals surface area contributed by atoms with Gasteiger partial charge in [0.2, 0.25) is 5.91 Å². The van der Waals surface area contributed by atoms with Gasteiger partial charge in [0.05, 0.1) is 6.61 Å². The van der Waals surface area contributed by atoms with Crippen LogP contribution in [0.2, 0.25) is 0 Å². The van der Waals surface area contributed by atoms with E-state index < -0.39 is 0 Å². The van der Waals surface area contributed by atoms with E-state index in [-0.39, 0.29) is 5.91 Å². The van der Waals surface area contributed by atoms with Crippen molar-refractivity contribution >= 4 is 11.6 Å². The number of carbonyl (C=O) groups excluding carboxylic acids is 1. The molecule has 4 heteroatoms. The molecular weight excluding hydrogens is 288 g/mol. The lowest BCUT2D eigenvalue weighted by Crippen LogP contribution is -2.26. The molecule has 1 amide bonds. The number of anilines is 1. The summed E-state index contributed by atoms with van der Waals surface area (Å²) < 4.78 is 5.84. The van der Waals surface area contributed by atoms with Crippen LogP contribution in [0.4, 0.5) is 5.69 Å². The average Bonchev–Trinajstić information content (AvgIpc) is 2.54. The van der Waals surface area contributed by atoms with E-state index in [0.717, 1.165) is 37.4 Å². The monoisotopic (exact) mass is 318 g/mol. The molecule has 0 unspecified atom stereocenters. The van der Waals surface area contributed by atoms with Crippen molar-refractivity contribution in [3.8, 4) is 5.75 Å². The molecule has 0 saturated carbocycles. The molecular formula is C19H30N2O2. The summed E-state index contributed by atoms with van der Waals surface area (Å²) in [7, 11) is 0. The maximum absolute atomic E-state index is 11.5. The molecule has 1 aliphatic heterocycles. The minimum Gasteiger partial charge on any atom is -0.494 e. The van der Waals surface area contributed by atoms with Crippen molar-refractivity contribution in [1.29, 1.82) is 0 Å². The van der Waals surface area contributed by atoms with Crippen molar-refractivity contribution in [3.05, 3.63) is 23.8 Å². The fourth-order valence-corrected chi connectivity index (χ4v) is 3.04. The van der Waals surface area contributed by atoms with Crippen molar-refractivity contribution in [2.24, 2.45) is 0 Å². The van der Waals surface area contributed by atoms with Gasteiger partial charge in [-0.05, 0) is 63.4 Å². The molecule has 0 aromatic heterocycles. The molecule has 1 heterocycles. The van der Waals surface area contributed by atoms with Crippen LogP contribution < -0.4 is 10.1 Å². The lowest BCUT2D eigenvalue weighted by molar-refractivity contribution is -0.116. The maximum atomic E-state index is 11.5. The number of rotatable bonds is 10. The summed E-state index contributed by atoms with van der Waals surface area (Å²) in [5.41, 5.74) is 2.11. The summed E-state index contributed by atoms with van der Waals surface area (Å²) in [5.74, 6) is 0.950. The van der Waals surface area contributed by atoms with Crippen LogP contribution in [0.25, 0.3) is 0 Å². The van der Waals surface area contributed by atoms with Crippen LogP contribution in [0.3, 0.4) is 0 Å². The Hall–Kier alpha value is -1.55. The van der Waals surface area contributed by atoms with E-state index in [1.165, 1.54) is 37.9 Å². The number of fused-ring (bicyclic) bond motifs is 1. The first kappa shape index (κ1) is 17.8. The lowest BCUT2D eigenvalue weighted by atomic mass is 10.0. The molecule has 0 radical (unpaired) electrons. The molecule has 0 saturated heterocycles. The van der Waals surface area contributed by atoms with Gasteiger partial charge in [-0.2, -0.15) is 0 Å². The number of benzene rings is 1. The van der Waals surface area contributed by atoms with Gasteiger partial charge < -0.3 is 15.0 Å². The van der Waals surface area contributed by atoms with E-state index >= 15 is 0 Å². The summed E-state index contributed by atoms with van der Waals surface area (Å²) in [6, 6.07) is 6.03. The van der Waals surface area contributed by atoms with E-state index in [4.69, 9.17) is 4.74 Å². The number of amides is 1. The van der Waals surface area contributed by atoms with Crippen LogP contribution in [0.5, 0.6) is 5.75 Å². The second-order valence-corrected chi connectivity index (χ2v) is 6.26. The third kappa shape index (κ3) is 5.87. The highest BCUT2D eigenvalue weighted by Crippen LogP contribution is 2.27. The summed E-state index contributed by atoms with van der Waals surface area (Å²) in [6.07, 6.45) is 6.08. The summed E-state index contributed by atoms with van der Waals surface area (Å²) in [4.78, 5) is 14.0. The smallest absolute Gasteiger partial charge is 0.224 e. The zero-order valence-corrected chi connectivity index (χ0v) is 14.6. The van der Waals surface area contributed by atoms with E-state index in [1.807, 2.05) is 12.1 Å².